The maximum atomic E-state index is 13.3. The third-order valence-corrected chi connectivity index (χ3v) is 5.42. The summed E-state index contributed by atoms with van der Waals surface area (Å²) in [6.45, 7) is 0.451. The number of carbonyl (C=O) groups excluding carboxylic acids is 1. The van der Waals surface area contributed by atoms with Crippen molar-refractivity contribution in [3.05, 3.63) is 81.2 Å². The van der Waals surface area contributed by atoms with Crippen LogP contribution >= 0.6 is 11.6 Å². The van der Waals surface area contributed by atoms with Crippen LogP contribution in [0.25, 0.3) is 11.0 Å². The summed E-state index contributed by atoms with van der Waals surface area (Å²) in [7, 11) is 0. The molecule has 138 valence electrons. The standard InChI is InChI=1S/C22H20ClNO3/c23-17-11-9-15(10-12-17)14-24(18-6-2-3-7-18)21(25)19-13-16-5-1-4-8-20(16)27-22(19)26/h1,4-5,8-13,18H,2-3,6-7,14H2. The summed E-state index contributed by atoms with van der Waals surface area (Å²) in [6, 6.07) is 16.5. The van der Waals surface area contributed by atoms with Gasteiger partial charge in [0.2, 0.25) is 0 Å². The van der Waals surface area contributed by atoms with Crippen molar-refractivity contribution in [3.8, 4) is 0 Å². The minimum Gasteiger partial charge on any atom is -0.422 e. The van der Waals surface area contributed by atoms with Gasteiger partial charge >= 0.3 is 5.63 Å². The first-order chi connectivity index (χ1) is 13.1. The summed E-state index contributed by atoms with van der Waals surface area (Å²) >= 11 is 5.98. The van der Waals surface area contributed by atoms with Crippen molar-refractivity contribution in [2.24, 2.45) is 0 Å². The summed E-state index contributed by atoms with van der Waals surface area (Å²) < 4.78 is 5.37. The fourth-order valence-corrected chi connectivity index (χ4v) is 3.86. The molecule has 0 unspecified atom stereocenters. The van der Waals surface area contributed by atoms with Gasteiger partial charge in [0.15, 0.2) is 0 Å². The van der Waals surface area contributed by atoms with Crippen molar-refractivity contribution in [2.45, 2.75) is 38.3 Å². The summed E-state index contributed by atoms with van der Waals surface area (Å²) in [5.41, 5.74) is 0.987. The number of fused-ring (bicyclic) bond motifs is 1. The lowest BCUT2D eigenvalue weighted by Crippen LogP contribution is -2.40. The zero-order chi connectivity index (χ0) is 18.8. The predicted molar refractivity (Wildman–Crippen MR) is 106 cm³/mol. The smallest absolute Gasteiger partial charge is 0.349 e. The van der Waals surface area contributed by atoms with Crippen LogP contribution in [0.5, 0.6) is 0 Å². The molecule has 1 heterocycles. The molecule has 1 aliphatic carbocycles. The van der Waals surface area contributed by atoms with E-state index in [1.807, 2.05) is 41.3 Å². The second kappa shape index (κ2) is 7.57. The van der Waals surface area contributed by atoms with Crippen LogP contribution in [0.4, 0.5) is 0 Å². The second-order valence-corrected chi connectivity index (χ2v) is 7.42. The molecule has 3 aromatic rings. The van der Waals surface area contributed by atoms with E-state index in [4.69, 9.17) is 16.0 Å². The Kier molecular flexibility index (Phi) is 4.99. The van der Waals surface area contributed by atoms with E-state index in [1.165, 1.54) is 0 Å². The van der Waals surface area contributed by atoms with E-state index in [1.54, 1.807) is 18.2 Å². The van der Waals surface area contributed by atoms with E-state index in [-0.39, 0.29) is 17.5 Å². The molecule has 0 N–H and O–H groups in total. The van der Waals surface area contributed by atoms with Gasteiger partial charge < -0.3 is 9.32 Å². The number of rotatable bonds is 4. The number of carbonyl (C=O) groups is 1. The Morgan fingerprint density at radius 1 is 1.07 bits per heavy atom. The lowest BCUT2D eigenvalue weighted by Gasteiger charge is -2.29. The first kappa shape index (κ1) is 17.8. The van der Waals surface area contributed by atoms with Gasteiger partial charge in [-0.05, 0) is 42.7 Å². The Hall–Kier alpha value is -2.59. The molecule has 4 nitrogen and oxygen atoms in total. The molecule has 5 heteroatoms. The normalized spacial score (nSPS) is 14.6. The van der Waals surface area contributed by atoms with Gasteiger partial charge in [0, 0.05) is 23.0 Å². The Balaban J connectivity index is 1.70. The topological polar surface area (TPSA) is 50.5 Å². The highest BCUT2D eigenvalue weighted by molar-refractivity contribution is 6.30. The van der Waals surface area contributed by atoms with Crippen molar-refractivity contribution >= 4 is 28.5 Å². The van der Waals surface area contributed by atoms with Crippen LogP contribution in [0, 0.1) is 0 Å². The van der Waals surface area contributed by atoms with Gasteiger partial charge in [-0.25, -0.2) is 4.79 Å². The average Bonchev–Trinajstić information content (AvgIpc) is 3.21. The zero-order valence-corrected chi connectivity index (χ0v) is 15.6. The molecule has 0 saturated heterocycles. The Bertz CT molecular complexity index is 1020. The lowest BCUT2D eigenvalue weighted by atomic mass is 10.1. The summed E-state index contributed by atoms with van der Waals surface area (Å²) in [5, 5.41) is 1.41. The van der Waals surface area contributed by atoms with Crippen LogP contribution in [0.2, 0.25) is 5.02 Å². The largest absolute Gasteiger partial charge is 0.422 e. The van der Waals surface area contributed by atoms with Crippen LogP contribution in [0.15, 0.2) is 63.8 Å². The van der Waals surface area contributed by atoms with E-state index in [2.05, 4.69) is 0 Å². The zero-order valence-electron chi connectivity index (χ0n) is 14.9. The maximum Gasteiger partial charge on any atom is 0.349 e. The molecular formula is C22H20ClNO3. The summed E-state index contributed by atoms with van der Waals surface area (Å²) in [6.07, 6.45) is 4.11. The van der Waals surface area contributed by atoms with E-state index < -0.39 is 5.63 Å². The van der Waals surface area contributed by atoms with Crippen molar-refractivity contribution < 1.29 is 9.21 Å². The monoisotopic (exact) mass is 381 g/mol. The van der Waals surface area contributed by atoms with Gasteiger partial charge in [0.25, 0.3) is 5.91 Å². The molecule has 1 fully saturated rings. The van der Waals surface area contributed by atoms with Crippen LogP contribution in [0.1, 0.15) is 41.6 Å². The number of hydrogen-bond donors (Lipinski definition) is 0. The molecule has 0 bridgehead atoms. The highest BCUT2D eigenvalue weighted by Crippen LogP contribution is 2.27. The van der Waals surface area contributed by atoms with Crippen molar-refractivity contribution in [3.63, 3.8) is 0 Å². The average molecular weight is 382 g/mol. The Morgan fingerprint density at radius 2 is 1.78 bits per heavy atom. The van der Waals surface area contributed by atoms with Gasteiger partial charge in [0.1, 0.15) is 11.1 Å². The minimum absolute atomic E-state index is 0.0922. The molecule has 0 radical (unpaired) electrons. The molecule has 0 atom stereocenters. The quantitative estimate of drug-likeness (QED) is 0.595. The molecule has 0 spiro atoms. The number of amides is 1. The van der Waals surface area contributed by atoms with Crippen molar-refractivity contribution in [1.82, 2.24) is 4.90 Å². The highest BCUT2D eigenvalue weighted by Gasteiger charge is 2.29. The fourth-order valence-electron chi connectivity index (χ4n) is 3.73. The SMILES string of the molecule is O=C(c1cc2ccccc2oc1=O)N(Cc1ccc(Cl)cc1)C1CCCC1. The Labute approximate surface area is 162 Å². The third-order valence-electron chi connectivity index (χ3n) is 5.16. The first-order valence-corrected chi connectivity index (χ1v) is 9.58. The van der Waals surface area contributed by atoms with E-state index in [0.717, 1.165) is 36.6 Å². The predicted octanol–water partition coefficient (Wildman–Crippen LogP) is 5.03. The van der Waals surface area contributed by atoms with Crippen LogP contribution in [-0.4, -0.2) is 16.8 Å². The number of para-hydroxylation sites is 1. The molecular weight excluding hydrogens is 362 g/mol. The van der Waals surface area contributed by atoms with Crippen molar-refractivity contribution in [2.75, 3.05) is 0 Å². The minimum atomic E-state index is -0.585. The van der Waals surface area contributed by atoms with E-state index in [0.29, 0.717) is 17.2 Å². The van der Waals surface area contributed by atoms with Gasteiger partial charge in [-0.15, -0.1) is 0 Å². The highest BCUT2D eigenvalue weighted by atomic mass is 35.5. The number of halogens is 1. The van der Waals surface area contributed by atoms with Crippen LogP contribution in [0.3, 0.4) is 0 Å². The fraction of sp³-hybridized carbons (Fsp3) is 0.273. The van der Waals surface area contributed by atoms with Crippen LogP contribution in [-0.2, 0) is 6.54 Å². The number of nitrogens with zero attached hydrogens (tertiary/aromatic N) is 1. The molecule has 1 saturated carbocycles. The number of hydrogen-bond acceptors (Lipinski definition) is 3. The molecule has 27 heavy (non-hydrogen) atoms. The summed E-state index contributed by atoms with van der Waals surface area (Å²) in [5.74, 6) is -0.267. The maximum absolute atomic E-state index is 13.3. The van der Waals surface area contributed by atoms with Crippen LogP contribution < -0.4 is 5.63 Å². The molecule has 2 aromatic carbocycles. The molecule has 1 amide bonds. The van der Waals surface area contributed by atoms with Gasteiger partial charge in [-0.1, -0.05) is 54.8 Å². The molecule has 0 aliphatic heterocycles. The van der Waals surface area contributed by atoms with Gasteiger partial charge in [-0.3, -0.25) is 4.79 Å². The lowest BCUT2D eigenvalue weighted by molar-refractivity contribution is 0.0660. The molecule has 4 rings (SSSR count). The first-order valence-electron chi connectivity index (χ1n) is 9.20. The molecule has 1 aromatic heterocycles. The second-order valence-electron chi connectivity index (χ2n) is 6.98. The Morgan fingerprint density at radius 3 is 2.52 bits per heavy atom. The van der Waals surface area contributed by atoms with E-state index >= 15 is 0 Å². The molecule has 1 aliphatic rings. The third kappa shape index (κ3) is 3.76. The summed E-state index contributed by atoms with van der Waals surface area (Å²) in [4.78, 5) is 27.6. The van der Waals surface area contributed by atoms with Gasteiger partial charge in [0.05, 0.1) is 0 Å². The number of benzene rings is 2. The van der Waals surface area contributed by atoms with Gasteiger partial charge in [-0.2, -0.15) is 0 Å². The van der Waals surface area contributed by atoms with Crippen molar-refractivity contribution in [1.29, 1.82) is 0 Å². The van der Waals surface area contributed by atoms with E-state index in [9.17, 15) is 9.59 Å².